The van der Waals surface area contributed by atoms with Crippen molar-refractivity contribution in [2.24, 2.45) is 0 Å². The lowest BCUT2D eigenvalue weighted by atomic mass is 10.0. The Bertz CT molecular complexity index is 1260. The third kappa shape index (κ3) is 5.42. The molecular formula is C26H27FN2O3S. The topological polar surface area (TPSA) is 66.5 Å². The van der Waals surface area contributed by atoms with Gasteiger partial charge in [-0.05, 0) is 84.8 Å². The first-order valence-corrected chi connectivity index (χ1v) is 12.8. The Kier molecular flexibility index (Phi) is 6.51. The van der Waals surface area contributed by atoms with Crippen LogP contribution in [-0.4, -0.2) is 20.6 Å². The number of aryl methyl sites for hydroxylation is 2. The molecule has 4 rings (SSSR count). The number of carbonyl (C=O) groups excluding carboxylic acids is 1. The molecule has 0 heterocycles. The van der Waals surface area contributed by atoms with Gasteiger partial charge in [-0.15, -0.1) is 0 Å². The fraction of sp³-hybridized carbons (Fsp3) is 0.269. The minimum absolute atomic E-state index is 0.0695. The van der Waals surface area contributed by atoms with Crippen LogP contribution in [0.25, 0.3) is 0 Å². The van der Waals surface area contributed by atoms with E-state index in [2.05, 4.69) is 23.5 Å². The molecule has 0 fully saturated rings. The molecule has 1 N–H and O–H groups in total. The van der Waals surface area contributed by atoms with Gasteiger partial charge in [-0.1, -0.05) is 30.3 Å². The van der Waals surface area contributed by atoms with Gasteiger partial charge in [0.15, 0.2) is 0 Å². The van der Waals surface area contributed by atoms with Crippen molar-refractivity contribution in [1.82, 2.24) is 5.32 Å². The molecule has 1 amide bonds. The van der Waals surface area contributed by atoms with Crippen LogP contribution >= 0.6 is 0 Å². The molecule has 1 aliphatic rings. The highest BCUT2D eigenvalue weighted by atomic mass is 32.2. The van der Waals surface area contributed by atoms with Crippen LogP contribution in [0.1, 0.15) is 52.0 Å². The number of anilines is 1. The molecule has 3 aromatic carbocycles. The van der Waals surface area contributed by atoms with Crippen LogP contribution in [0.3, 0.4) is 0 Å². The molecule has 7 heteroatoms. The summed E-state index contributed by atoms with van der Waals surface area (Å²) in [6.07, 6.45) is 4.50. The number of nitrogens with zero attached hydrogens (tertiary/aromatic N) is 1. The van der Waals surface area contributed by atoms with Crippen LogP contribution in [0.2, 0.25) is 0 Å². The molecule has 1 atom stereocenters. The van der Waals surface area contributed by atoms with E-state index < -0.39 is 10.0 Å². The third-order valence-corrected chi connectivity index (χ3v) is 7.17. The normalized spacial score (nSPS) is 13.9. The van der Waals surface area contributed by atoms with E-state index >= 15 is 0 Å². The van der Waals surface area contributed by atoms with Gasteiger partial charge in [0.05, 0.1) is 24.5 Å². The zero-order valence-corrected chi connectivity index (χ0v) is 19.5. The summed E-state index contributed by atoms with van der Waals surface area (Å²) in [6, 6.07) is 18.4. The number of hydrogen-bond donors (Lipinski definition) is 1. The zero-order valence-electron chi connectivity index (χ0n) is 18.7. The standard InChI is InChI=1S/C26H27FN2O3S/c1-18(22-9-8-20-4-3-5-23(20)16-22)28-26(30)21-10-14-25(15-11-21)29(33(2,31)32)17-19-6-12-24(27)13-7-19/h6-16,18H,3-5,17H2,1-2H3,(H,28,30)/t18-/m0/s1. The largest absolute Gasteiger partial charge is 0.346 e. The molecular weight excluding hydrogens is 439 g/mol. The number of rotatable bonds is 7. The molecule has 3 aromatic rings. The average molecular weight is 467 g/mol. The summed E-state index contributed by atoms with van der Waals surface area (Å²) in [7, 11) is -3.58. The molecule has 0 saturated heterocycles. The van der Waals surface area contributed by atoms with E-state index in [9.17, 15) is 17.6 Å². The van der Waals surface area contributed by atoms with Crippen LogP contribution in [-0.2, 0) is 29.4 Å². The number of hydrogen-bond acceptors (Lipinski definition) is 3. The average Bonchev–Trinajstić information content (AvgIpc) is 3.26. The molecule has 0 aliphatic heterocycles. The number of sulfonamides is 1. The predicted molar refractivity (Wildman–Crippen MR) is 128 cm³/mol. The van der Waals surface area contributed by atoms with Gasteiger partial charge in [-0.3, -0.25) is 9.10 Å². The van der Waals surface area contributed by atoms with Crippen molar-refractivity contribution >= 4 is 21.6 Å². The monoisotopic (exact) mass is 466 g/mol. The van der Waals surface area contributed by atoms with E-state index in [1.165, 1.54) is 34.0 Å². The Morgan fingerprint density at radius 3 is 2.33 bits per heavy atom. The lowest BCUT2D eigenvalue weighted by Crippen LogP contribution is -2.29. The Balaban J connectivity index is 1.47. The lowest BCUT2D eigenvalue weighted by Gasteiger charge is -2.23. The molecule has 33 heavy (non-hydrogen) atoms. The van der Waals surface area contributed by atoms with Crippen molar-refractivity contribution < 1.29 is 17.6 Å². The smallest absolute Gasteiger partial charge is 0.251 e. The number of benzene rings is 3. The summed E-state index contributed by atoms with van der Waals surface area (Å²) >= 11 is 0. The Morgan fingerprint density at radius 1 is 1.00 bits per heavy atom. The van der Waals surface area contributed by atoms with Crippen molar-refractivity contribution in [2.45, 2.75) is 38.8 Å². The van der Waals surface area contributed by atoms with Crippen LogP contribution in [0, 0.1) is 5.82 Å². The molecule has 0 unspecified atom stereocenters. The van der Waals surface area contributed by atoms with Gasteiger partial charge in [0.25, 0.3) is 5.91 Å². The summed E-state index contributed by atoms with van der Waals surface area (Å²) in [5.74, 6) is -0.604. The molecule has 0 spiro atoms. The van der Waals surface area contributed by atoms with Gasteiger partial charge in [0.1, 0.15) is 5.82 Å². The van der Waals surface area contributed by atoms with Crippen LogP contribution in [0.4, 0.5) is 10.1 Å². The van der Waals surface area contributed by atoms with Gasteiger partial charge in [-0.2, -0.15) is 0 Å². The number of nitrogens with one attached hydrogen (secondary N) is 1. The maximum Gasteiger partial charge on any atom is 0.251 e. The highest BCUT2D eigenvalue weighted by Crippen LogP contribution is 2.26. The minimum Gasteiger partial charge on any atom is -0.346 e. The molecule has 0 bridgehead atoms. The highest BCUT2D eigenvalue weighted by molar-refractivity contribution is 7.92. The van der Waals surface area contributed by atoms with Crippen molar-refractivity contribution in [3.05, 3.63) is 100 Å². The third-order valence-electron chi connectivity index (χ3n) is 6.03. The van der Waals surface area contributed by atoms with Crippen LogP contribution in [0.5, 0.6) is 0 Å². The van der Waals surface area contributed by atoms with Gasteiger partial charge >= 0.3 is 0 Å². The number of carbonyl (C=O) groups is 1. The van der Waals surface area contributed by atoms with Crippen molar-refractivity contribution in [1.29, 1.82) is 0 Å². The fourth-order valence-corrected chi connectivity index (χ4v) is 5.05. The molecule has 172 valence electrons. The number of fused-ring (bicyclic) bond motifs is 1. The second-order valence-corrected chi connectivity index (χ2v) is 10.4. The first-order valence-electron chi connectivity index (χ1n) is 11.0. The van der Waals surface area contributed by atoms with Crippen LogP contribution < -0.4 is 9.62 Å². The van der Waals surface area contributed by atoms with Crippen molar-refractivity contribution in [3.8, 4) is 0 Å². The van der Waals surface area contributed by atoms with Crippen molar-refractivity contribution in [3.63, 3.8) is 0 Å². The minimum atomic E-state index is -3.58. The zero-order chi connectivity index (χ0) is 23.6. The lowest BCUT2D eigenvalue weighted by molar-refractivity contribution is 0.0940. The van der Waals surface area contributed by atoms with Crippen LogP contribution in [0.15, 0.2) is 66.7 Å². The van der Waals surface area contributed by atoms with E-state index in [1.807, 2.05) is 6.92 Å². The highest BCUT2D eigenvalue weighted by Gasteiger charge is 2.20. The first kappa shape index (κ1) is 23.0. The predicted octanol–water partition coefficient (Wildman–Crippen LogP) is 4.77. The second kappa shape index (κ2) is 9.35. The summed E-state index contributed by atoms with van der Waals surface area (Å²) in [5.41, 5.74) is 5.37. The number of halogens is 1. The van der Waals surface area contributed by atoms with Gasteiger partial charge in [-0.25, -0.2) is 12.8 Å². The molecule has 0 radical (unpaired) electrons. The van der Waals surface area contributed by atoms with E-state index in [0.717, 1.165) is 24.7 Å². The number of amides is 1. The van der Waals surface area contributed by atoms with Gasteiger partial charge < -0.3 is 5.32 Å². The maximum absolute atomic E-state index is 13.2. The Hall–Kier alpha value is -3.19. The van der Waals surface area contributed by atoms with E-state index in [0.29, 0.717) is 16.8 Å². The molecule has 0 saturated carbocycles. The van der Waals surface area contributed by atoms with Crippen molar-refractivity contribution in [2.75, 3.05) is 10.6 Å². The first-order chi connectivity index (χ1) is 15.7. The summed E-state index contributed by atoms with van der Waals surface area (Å²) in [5, 5.41) is 3.02. The fourth-order valence-electron chi connectivity index (χ4n) is 4.16. The molecule has 1 aliphatic carbocycles. The quantitative estimate of drug-likeness (QED) is 0.545. The van der Waals surface area contributed by atoms with E-state index in [1.54, 1.807) is 36.4 Å². The van der Waals surface area contributed by atoms with Gasteiger partial charge in [0, 0.05) is 5.56 Å². The maximum atomic E-state index is 13.2. The van der Waals surface area contributed by atoms with E-state index in [4.69, 9.17) is 0 Å². The molecule has 0 aromatic heterocycles. The molecule has 5 nitrogen and oxygen atoms in total. The van der Waals surface area contributed by atoms with E-state index in [-0.39, 0.29) is 24.3 Å². The summed E-state index contributed by atoms with van der Waals surface area (Å²) in [6.45, 7) is 2.02. The van der Waals surface area contributed by atoms with Gasteiger partial charge in [0.2, 0.25) is 10.0 Å². The Morgan fingerprint density at radius 2 is 1.67 bits per heavy atom. The second-order valence-electron chi connectivity index (χ2n) is 8.52. The Labute approximate surface area is 194 Å². The SMILES string of the molecule is C[C@H](NC(=O)c1ccc(N(Cc2ccc(F)cc2)S(C)(=O)=O)cc1)c1ccc2c(c1)CCC2. The summed E-state index contributed by atoms with van der Waals surface area (Å²) < 4.78 is 39.2. The summed E-state index contributed by atoms with van der Waals surface area (Å²) in [4.78, 5) is 12.8.